The fourth-order valence-corrected chi connectivity index (χ4v) is 4.34. The molecule has 2 aliphatic heterocycles. The van der Waals surface area contributed by atoms with Crippen molar-refractivity contribution in [2.24, 2.45) is 0 Å². The number of halogens is 1. The number of piperidine rings is 1. The van der Waals surface area contributed by atoms with Crippen molar-refractivity contribution >= 4 is 28.3 Å². The standard InChI is InChI=1S/C20H18ClN3O2/c21-12-1-2-13-15(10-24-17(13)9-12)18(25)14-3-6-23-19-16(14)11-26-20(19)4-7-22-8-5-20/h1-3,6,9-10,22,24H,4-5,7-8,11H2. The number of ether oxygens (including phenoxy) is 1. The van der Waals surface area contributed by atoms with Gasteiger partial charge in [0.2, 0.25) is 0 Å². The van der Waals surface area contributed by atoms with Crippen LogP contribution >= 0.6 is 11.6 Å². The van der Waals surface area contributed by atoms with Crippen LogP contribution in [-0.4, -0.2) is 28.8 Å². The van der Waals surface area contributed by atoms with Crippen LogP contribution in [0.15, 0.2) is 36.7 Å². The predicted molar refractivity (Wildman–Crippen MR) is 99.5 cm³/mol. The Morgan fingerprint density at radius 3 is 2.88 bits per heavy atom. The molecular formula is C20H18ClN3O2. The lowest BCUT2D eigenvalue weighted by molar-refractivity contribution is -0.0612. The van der Waals surface area contributed by atoms with Gasteiger partial charge in [-0.3, -0.25) is 9.78 Å². The molecule has 0 radical (unpaired) electrons. The number of nitrogens with zero attached hydrogens (tertiary/aromatic N) is 1. The third-order valence-electron chi connectivity index (χ3n) is 5.52. The predicted octanol–water partition coefficient (Wildman–Crippen LogP) is 3.56. The maximum atomic E-state index is 13.3. The average molecular weight is 368 g/mol. The molecule has 5 nitrogen and oxygen atoms in total. The lowest BCUT2D eigenvalue weighted by Gasteiger charge is -2.32. The molecule has 0 unspecified atom stereocenters. The van der Waals surface area contributed by atoms with Crippen molar-refractivity contribution in [2.45, 2.75) is 25.0 Å². The number of hydrogen-bond donors (Lipinski definition) is 2. The van der Waals surface area contributed by atoms with Gasteiger partial charge in [0.1, 0.15) is 5.60 Å². The van der Waals surface area contributed by atoms with Gasteiger partial charge in [0.25, 0.3) is 0 Å². The Hall–Kier alpha value is -2.21. The zero-order valence-corrected chi connectivity index (χ0v) is 14.9. The van der Waals surface area contributed by atoms with Gasteiger partial charge in [-0.05, 0) is 44.1 Å². The smallest absolute Gasteiger partial charge is 0.195 e. The summed E-state index contributed by atoms with van der Waals surface area (Å²) in [6.45, 7) is 2.25. The van der Waals surface area contributed by atoms with Gasteiger partial charge in [-0.2, -0.15) is 0 Å². The normalized spacial score (nSPS) is 18.3. The Morgan fingerprint density at radius 2 is 2.04 bits per heavy atom. The number of aromatic amines is 1. The number of rotatable bonds is 2. The molecule has 6 heteroatoms. The van der Waals surface area contributed by atoms with Crippen LogP contribution in [-0.2, 0) is 16.9 Å². The molecule has 1 aromatic carbocycles. The zero-order chi connectivity index (χ0) is 17.7. The summed E-state index contributed by atoms with van der Waals surface area (Å²) in [6.07, 6.45) is 5.26. The molecule has 1 saturated heterocycles. The van der Waals surface area contributed by atoms with Crippen LogP contribution in [0.4, 0.5) is 0 Å². The summed E-state index contributed by atoms with van der Waals surface area (Å²) in [4.78, 5) is 21.0. The quantitative estimate of drug-likeness (QED) is 0.680. The highest BCUT2D eigenvalue weighted by Crippen LogP contribution is 2.43. The molecule has 26 heavy (non-hydrogen) atoms. The number of carbonyl (C=O) groups is 1. The molecule has 132 valence electrons. The van der Waals surface area contributed by atoms with E-state index in [0.29, 0.717) is 22.8 Å². The number of hydrogen-bond acceptors (Lipinski definition) is 4. The van der Waals surface area contributed by atoms with E-state index in [0.717, 1.165) is 48.1 Å². The molecule has 0 aliphatic carbocycles. The minimum absolute atomic E-state index is 0.00759. The van der Waals surface area contributed by atoms with E-state index < -0.39 is 0 Å². The van der Waals surface area contributed by atoms with Crippen molar-refractivity contribution in [3.63, 3.8) is 0 Å². The minimum atomic E-state index is -0.343. The summed E-state index contributed by atoms with van der Waals surface area (Å²) < 4.78 is 6.18. The van der Waals surface area contributed by atoms with Crippen LogP contribution in [0.3, 0.4) is 0 Å². The van der Waals surface area contributed by atoms with E-state index in [9.17, 15) is 4.79 Å². The third kappa shape index (κ3) is 2.31. The van der Waals surface area contributed by atoms with E-state index in [1.165, 1.54) is 0 Å². The van der Waals surface area contributed by atoms with Crippen LogP contribution in [0.5, 0.6) is 0 Å². The topological polar surface area (TPSA) is 67.0 Å². The second-order valence-corrected chi connectivity index (χ2v) is 7.38. The summed E-state index contributed by atoms with van der Waals surface area (Å²) in [6, 6.07) is 7.32. The highest BCUT2D eigenvalue weighted by molar-refractivity contribution is 6.31. The lowest BCUT2D eigenvalue weighted by atomic mass is 9.86. The Bertz CT molecular complexity index is 1020. The van der Waals surface area contributed by atoms with Gasteiger partial charge < -0.3 is 15.0 Å². The third-order valence-corrected chi connectivity index (χ3v) is 5.76. The second kappa shape index (κ2) is 5.91. The van der Waals surface area contributed by atoms with Crippen LogP contribution in [0.25, 0.3) is 10.9 Å². The average Bonchev–Trinajstić information content (AvgIpc) is 3.24. The number of benzene rings is 1. The van der Waals surface area contributed by atoms with Gasteiger partial charge in [0.05, 0.1) is 12.3 Å². The molecule has 0 atom stereocenters. The summed E-state index contributed by atoms with van der Waals surface area (Å²) in [7, 11) is 0. The molecule has 3 aromatic rings. The SMILES string of the molecule is O=C(c1ccnc2c1COC21CCNCC1)c1c[nH]c2cc(Cl)ccc12. The monoisotopic (exact) mass is 367 g/mol. The van der Waals surface area contributed by atoms with Crippen LogP contribution in [0.1, 0.15) is 40.0 Å². The van der Waals surface area contributed by atoms with E-state index in [1.54, 1.807) is 24.5 Å². The van der Waals surface area contributed by atoms with Gasteiger partial charge >= 0.3 is 0 Å². The highest BCUT2D eigenvalue weighted by Gasteiger charge is 2.43. The zero-order valence-electron chi connectivity index (χ0n) is 14.1. The Morgan fingerprint density at radius 1 is 1.19 bits per heavy atom. The summed E-state index contributed by atoms with van der Waals surface area (Å²) in [5.74, 6) is -0.00759. The van der Waals surface area contributed by atoms with Gasteiger partial charge in [0.15, 0.2) is 5.78 Å². The van der Waals surface area contributed by atoms with Crippen molar-refractivity contribution in [2.75, 3.05) is 13.1 Å². The maximum Gasteiger partial charge on any atom is 0.195 e. The van der Waals surface area contributed by atoms with Crippen molar-refractivity contribution in [1.82, 2.24) is 15.3 Å². The second-order valence-electron chi connectivity index (χ2n) is 6.94. The number of ketones is 1. The molecule has 4 heterocycles. The minimum Gasteiger partial charge on any atom is -0.364 e. The van der Waals surface area contributed by atoms with Gasteiger partial charge in [-0.1, -0.05) is 17.7 Å². The summed E-state index contributed by atoms with van der Waals surface area (Å²) >= 11 is 6.05. The largest absolute Gasteiger partial charge is 0.364 e. The number of nitrogens with one attached hydrogen (secondary N) is 2. The molecule has 2 aliphatic rings. The van der Waals surface area contributed by atoms with Crippen LogP contribution < -0.4 is 5.32 Å². The molecule has 2 N–H and O–H groups in total. The first kappa shape index (κ1) is 16.0. The first-order chi connectivity index (χ1) is 12.7. The van der Waals surface area contributed by atoms with Gasteiger partial charge in [-0.15, -0.1) is 0 Å². The van der Waals surface area contributed by atoms with E-state index in [1.807, 2.05) is 12.1 Å². The van der Waals surface area contributed by atoms with Crippen molar-refractivity contribution < 1.29 is 9.53 Å². The molecule has 1 spiro atoms. The van der Waals surface area contributed by atoms with E-state index in [2.05, 4.69) is 15.3 Å². The molecule has 0 saturated carbocycles. The Balaban J connectivity index is 1.60. The number of aromatic nitrogens is 2. The summed E-state index contributed by atoms with van der Waals surface area (Å²) in [5.41, 5.74) is 3.72. The Kier molecular flexibility index (Phi) is 3.64. The van der Waals surface area contributed by atoms with Gasteiger partial charge in [0, 0.05) is 45.0 Å². The molecule has 2 aromatic heterocycles. The maximum absolute atomic E-state index is 13.3. The number of fused-ring (bicyclic) bond motifs is 3. The molecule has 0 bridgehead atoms. The fourth-order valence-electron chi connectivity index (χ4n) is 4.17. The van der Waals surface area contributed by atoms with E-state index >= 15 is 0 Å². The van der Waals surface area contributed by atoms with Crippen molar-refractivity contribution in [3.05, 3.63) is 64.1 Å². The van der Waals surface area contributed by atoms with E-state index in [4.69, 9.17) is 16.3 Å². The van der Waals surface area contributed by atoms with Gasteiger partial charge in [-0.25, -0.2) is 0 Å². The number of pyridine rings is 1. The van der Waals surface area contributed by atoms with Crippen molar-refractivity contribution in [3.8, 4) is 0 Å². The lowest BCUT2D eigenvalue weighted by Crippen LogP contribution is -2.40. The molecular weight excluding hydrogens is 350 g/mol. The van der Waals surface area contributed by atoms with Crippen molar-refractivity contribution in [1.29, 1.82) is 0 Å². The first-order valence-corrected chi connectivity index (χ1v) is 9.20. The van der Waals surface area contributed by atoms with E-state index in [-0.39, 0.29) is 11.4 Å². The highest BCUT2D eigenvalue weighted by atomic mass is 35.5. The number of carbonyl (C=O) groups excluding carboxylic acids is 1. The number of H-pyrrole nitrogens is 1. The molecule has 0 amide bonds. The first-order valence-electron chi connectivity index (χ1n) is 8.82. The molecule has 5 rings (SSSR count). The fraction of sp³-hybridized carbons (Fsp3) is 0.300. The molecule has 1 fully saturated rings. The Labute approximate surface area is 155 Å². The van der Waals surface area contributed by atoms with Crippen LogP contribution in [0.2, 0.25) is 5.02 Å². The summed E-state index contributed by atoms with van der Waals surface area (Å²) in [5, 5.41) is 4.88. The van der Waals surface area contributed by atoms with Crippen LogP contribution in [0, 0.1) is 0 Å².